The van der Waals surface area contributed by atoms with Gasteiger partial charge in [-0.3, -0.25) is 9.59 Å². The van der Waals surface area contributed by atoms with Crippen molar-refractivity contribution in [2.75, 3.05) is 12.8 Å². The number of allylic oxidation sites excluding steroid dienone is 2. The molecule has 1 unspecified atom stereocenters. The Kier molecular flexibility index (Phi) is 7.04. The van der Waals surface area contributed by atoms with Gasteiger partial charge in [-0.15, -0.1) is 0 Å². The highest BCUT2D eigenvalue weighted by Crippen LogP contribution is 2.38. The van der Waals surface area contributed by atoms with Gasteiger partial charge in [-0.1, -0.05) is 0 Å². The first-order valence-electron chi connectivity index (χ1n) is 8.99. The van der Waals surface area contributed by atoms with E-state index in [4.69, 9.17) is 21.8 Å². The van der Waals surface area contributed by atoms with Crippen LogP contribution in [0.1, 0.15) is 29.3 Å². The van der Waals surface area contributed by atoms with E-state index < -0.39 is 29.4 Å². The predicted molar refractivity (Wildman–Crippen MR) is 107 cm³/mol. The van der Waals surface area contributed by atoms with Crippen LogP contribution in [0.5, 0.6) is 5.75 Å². The van der Waals surface area contributed by atoms with Crippen LogP contribution in [-0.2, 0) is 11.0 Å². The van der Waals surface area contributed by atoms with Gasteiger partial charge in [0.05, 0.1) is 30.2 Å². The van der Waals surface area contributed by atoms with Crippen molar-refractivity contribution in [1.82, 2.24) is 10.2 Å². The van der Waals surface area contributed by atoms with E-state index in [1.54, 1.807) is 12.4 Å². The molecule has 0 bridgehead atoms. The summed E-state index contributed by atoms with van der Waals surface area (Å²) >= 11 is 0. The number of ether oxygens (including phenoxy) is 1. The molecule has 170 valence electrons. The summed E-state index contributed by atoms with van der Waals surface area (Å²) in [4.78, 5) is 23.2. The molecule has 32 heavy (non-hydrogen) atoms. The number of aliphatic carboxylic acids is 1. The molecule has 0 aromatic heterocycles. The number of anilines is 1. The molecule has 0 saturated carbocycles. The average molecular weight is 451 g/mol. The van der Waals surface area contributed by atoms with Crippen molar-refractivity contribution in [1.29, 1.82) is 5.26 Å². The zero-order valence-electron chi connectivity index (χ0n) is 17.0. The Labute approximate surface area is 181 Å². The van der Waals surface area contributed by atoms with E-state index in [1.807, 2.05) is 17.9 Å². The second-order valence-corrected chi connectivity index (χ2v) is 6.77. The number of hydrogen-bond acceptors (Lipinski definition) is 7. The molecule has 12 heteroatoms. The van der Waals surface area contributed by atoms with Crippen molar-refractivity contribution in [2.24, 2.45) is 5.73 Å². The second-order valence-electron chi connectivity index (χ2n) is 6.77. The van der Waals surface area contributed by atoms with Crippen LogP contribution < -0.4 is 21.5 Å². The van der Waals surface area contributed by atoms with E-state index in [2.05, 4.69) is 16.1 Å². The largest absolute Gasteiger partial charge is 0.496 e. The number of fused-ring (bicyclic) bond motifs is 1. The first-order chi connectivity index (χ1) is 14.9. The van der Waals surface area contributed by atoms with Gasteiger partial charge in [-0.05, 0) is 24.6 Å². The molecular weight excluding hydrogens is 431 g/mol. The van der Waals surface area contributed by atoms with Gasteiger partial charge < -0.3 is 31.5 Å². The lowest BCUT2D eigenvalue weighted by Gasteiger charge is -2.24. The molecule has 0 fully saturated rings. The van der Waals surface area contributed by atoms with Gasteiger partial charge in [0.15, 0.2) is 0 Å². The lowest BCUT2D eigenvalue weighted by Crippen LogP contribution is -2.33. The number of primary amides is 1. The number of methoxy groups -OCH3 is 1. The molecule has 1 aromatic carbocycles. The van der Waals surface area contributed by atoms with Gasteiger partial charge in [0.1, 0.15) is 18.0 Å². The minimum absolute atomic E-state index is 0.0321. The number of nitrogens with one attached hydrogen (secondary N) is 1. The fraction of sp³-hybridized carbons (Fsp3) is 0.250. The maximum absolute atomic E-state index is 12.5. The summed E-state index contributed by atoms with van der Waals surface area (Å²) in [5, 5.41) is 20.6. The Morgan fingerprint density at radius 1 is 1.34 bits per heavy atom. The Bertz CT molecular complexity index is 1070. The number of rotatable bonds is 4. The van der Waals surface area contributed by atoms with Gasteiger partial charge in [0.2, 0.25) is 0 Å². The lowest BCUT2D eigenvalue weighted by atomic mass is 10.1. The molecule has 2 aliphatic rings. The summed E-state index contributed by atoms with van der Waals surface area (Å²) in [5.41, 5.74) is 10.8. The number of amides is 1. The lowest BCUT2D eigenvalue weighted by molar-refractivity contribution is -0.139. The fourth-order valence-electron chi connectivity index (χ4n) is 2.96. The van der Waals surface area contributed by atoms with Crippen molar-refractivity contribution >= 4 is 17.6 Å². The van der Waals surface area contributed by atoms with Gasteiger partial charge in [0, 0.05) is 29.9 Å². The van der Waals surface area contributed by atoms with Crippen LogP contribution in [-0.4, -0.2) is 35.2 Å². The zero-order chi connectivity index (χ0) is 24.2. The molecule has 0 radical (unpaired) electrons. The number of nitriles is 1. The molecule has 0 aliphatic carbocycles. The van der Waals surface area contributed by atoms with Crippen LogP contribution in [0.4, 0.5) is 18.9 Å². The monoisotopic (exact) mass is 451 g/mol. The summed E-state index contributed by atoms with van der Waals surface area (Å²) in [5.74, 6) is -2.34. The number of halogens is 3. The second kappa shape index (κ2) is 9.34. The molecule has 0 saturated heterocycles. The van der Waals surface area contributed by atoms with Gasteiger partial charge in [0.25, 0.3) is 5.91 Å². The molecule has 0 spiro atoms. The number of hydrogen-bond donors (Lipinski definition) is 4. The van der Waals surface area contributed by atoms with Crippen LogP contribution in [0.25, 0.3) is 0 Å². The molecule has 9 nitrogen and oxygen atoms in total. The van der Waals surface area contributed by atoms with E-state index in [0.29, 0.717) is 17.3 Å². The Morgan fingerprint density at radius 2 is 2.00 bits per heavy atom. The zero-order valence-corrected chi connectivity index (χ0v) is 17.0. The summed E-state index contributed by atoms with van der Waals surface area (Å²) in [6, 6.07) is 3.60. The number of nitrogens with two attached hydrogens (primary N) is 2. The highest BCUT2D eigenvalue weighted by molar-refractivity contribution is 5.98. The maximum Gasteiger partial charge on any atom is 0.419 e. The van der Waals surface area contributed by atoms with Crippen molar-refractivity contribution in [3.8, 4) is 11.8 Å². The molecule has 1 atom stereocenters. The summed E-state index contributed by atoms with van der Waals surface area (Å²) in [7, 11) is 1.08. The predicted octanol–water partition coefficient (Wildman–Crippen LogP) is 2.30. The quantitative estimate of drug-likeness (QED) is 0.508. The van der Waals surface area contributed by atoms with E-state index in [0.717, 1.165) is 18.7 Å². The number of carbonyl (C=O) groups excluding carboxylic acids is 1. The fourth-order valence-corrected chi connectivity index (χ4v) is 2.96. The highest BCUT2D eigenvalue weighted by atomic mass is 19.4. The summed E-state index contributed by atoms with van der Waals surface area (Å²) in [6.07, 6.45) is 0.621. The average Bonchev–Trinajstić information content (AvgIpc) is 3.06. The van der Waals surface area contributed by atoms with Crippen molar-refractivity contribution in [2.45, 2.75) is 25.7 Å². The maximum atomic E-state index is 12.5. The van der Waals surface area contributed by atoms with Gasteiger partial charge in [-0.25, -0.2) is 0 Å². The molecule has 3 rings (SSSR count). The summed E-state index contributed by atoms with van der Waals surface area (Å²) < 4.78 is 42.1. The normalized spacial score (nSPS) is 16.8. The van der Waals surface area contributed by atoms with Crippen LogP contribution in [0, 0.1) is 11.3 Å². The van der Waals surface area contributed by atoms with E-state index in [1.165, 1.54) is 0 Å². The van der Waals surface area contributed by atoms with Crippen molar-refractivity contribution in [3.63, 3.8) is 0 Å². The number of nitrogen functional groups attached to an aromatic ring is 1. The molecule has 1 amide bonds. The topological polar surface area (TPSA) is 155 Å². The molecular formula is C20H20F3N5O4. The van der Waals surface area contributed by atoms with E-state index >= 15 is 0 Å². The molecule has 6 N–H and O–H groups in total. The number of benzene rings is 1. The Morgan fingerprint density at radius 3 is 2.50 bits per heavy atom. The Hall–Kier alpha value is -4.14. The minimum Gasteiger partial charge on any atom is -0.496 e. The SMILES string of the molecule is CC1=CC2NC(CC(=O)O)=CN2C=C1C#N.COc1cc(N)c(C(N)=O)cc1C(F)(F)F. The van der Waals surface area contributed by atoms with Crippen molar-refractivity contribution in [3.05, 3.63) is 58.6 Å². The number of nitrogens with zero attached hydrogens (tertiary/aromatic N) is 2. The molecule has 2 heterocycles. The van der Waals surface area contributed by atoms with Crippen LogP contribution >= 0.6 is 0 Å². The van der Waals surface area contributed by atoms with Crippen LogP contribution in [0.3, 0.4) is 0 Å². The standard InChI is InChI=1S/C11H11N3O2.C9H9F3N2O2/c1-7-2-10-13-9(3-11(15)16)6-14(10)5-8(7)4-12;1-16-7-3-6(13)4(8(14)15)2-5(7)9(10,11)12/h2,5-6,10,13H,3H2,1H3,(H,15,16);2-3H,13H2,1H3,(H2,14,15). The number of alkyl halides is 3. The van der Waals surface area contributed by atoms with Crippen molar-refractivity contribution < 1.29 is 32.6 Å². The highest BCUT2D eigenvalue weighted by Gasteiger charge is 2.35. The first-order valence-corrected chi connectivity index (χ1v) is 8.99. The first kappa shape index (κ1) is 24.1. The number of carboxylic acids is 1. The van der Waals surface area contributed by atoms with Crippen LogP contribution in [0.15, 0.2) is 47.5 Å². The van der Waals surface area contributed by atoms with E-state index in [9.17, 15) is 22.8 Å². The van der Waals surface area contributed by atoms with E-state index in [-0.39, 0.29) is 23.8 Å². The Balaban J connectivity index is 0.000000227. The summed E-state index contributed by atoms with van der Waals surface area (Å²) in [6.45, 7) is 1.86. The smallest absolute Gasteiger partial charge is 0.419 e. The molecule has 2 aliphatic heterocycles. The third kappa shape index (κ3) is 5.51. The number of carboxylic acid groups (broad SMARTS) is 1. The van der Waals surface area contributed by atoms with Crippen LogP contribution in [0.2, 0.25) is 0 Å². The minimum atomic E-state index is -4.64. The third-order valence-electron chi connectivity index (χ3n) is 4.47. The van der Waals surface area contributed by atoms with Gasteiger partial charge >= 0.3 is 12.1 Å². The number of carbonyl (C=O) groups is 2. The third-order valence-corrected chi connectivity index (χ3v) is 4.47. The van der Waals surface area contributed by atoms with Gasteiger partial charge in [-0.2, -0.15) is 18.4 Å². The molecule has 1 aromatic rings.